The molecule has 4 aliphatic carbocycles. The Balaban J connectivity index is 1.41. The molecule has 0 amide bonds. The largest absolute Gasteiger partial charge is 0.320 e. The molecule has 6 rings (SSSR count). The molecule has 0 bridgehead atoms. The fraction of sp³-hybridized carbons (Fsp3) is 0.536. The minimum absolute atomic E-state index is 0.0519. The lowest BCUT2D eigenvalue weighted by Gasteiger charge is -2.56. The summed E-state index contributed by atoms with van der Waals surface area (Å²) < 4.78 is 2.37. The number of hydrogen-bond acceptors (Lipinski definition) is 1. The van der Waals surface area contributed by atoms with Gasteiger partial charge in [-0.25, -0.2) is 0 Å². The molecule has 3 unspecified atom stereocenters. The Morgan fingerprint density at radius 3 is 2.73 bits per heavy atom. The van der Waals surface area contributed by atoms with Gasteiger partial charge in [0.05, 0.1) is 5.52 Å². The number of fused-ring (bicyclic) bond motifs is 6. The van der Waals surface area contributed by atoms with Crippen molar-refractivity contribution < 1.29 is 4.79 Å². The van der Waals surface area contributed by atoms with Gasteiger partial charge in [-0.2, -0.15) is 0 Å². The van der Waals surface area contributed by atoms with Gasteiger partial charge in [0, 0.05) is 29.6 Å². The quantitative estimate of drug-likeness (QED) is 0.480. The van der Waals surface area contributed by atoms with Gasteiger partial charge >= 0.3 is 0 Å². The van der Waals surface area contributed by atoms with Crippen LogP contribution in [0.3, 0.4) is 0 Å². The third-order valence-corrected chi connectivity index (χ3v) is 9.44. The van der Waals surface area contributed by atoms with Crippen molar-refractivity contribution in [3.63, 3.8) is 0 Å². The molecular weight excluding hydrogens is 366 g/mol. The molecule has 4 aliphatic rings. The molecule has 0 saturated heterocycles. The molecule has 1 aromatic carbocycles. The lowest BCUT2D eigenvalue weighted by molar-refractivity contribution is -0.140. The summed E-state index contributed by atoms with van der Waals surface area (Å²) in [6.45, 7) is 7.18. The van der Waals surface area contributed by atoms with E-state index in [4.69, 9.17) is 0 Å². The second-order valence-corrected chi connectivity index (χ2v) is 11.1. The van der Waals surface area contributed by atoms with Crippen LogP contribution in [0, 0.1) is 34.5 Å². The molecule has 6 atom stereocenters. The van der Waals surface area contributed by atoms with Gasteiger partial charge in [0.2, 0.25) is 0 Å². The summed E-state index contributed by atoms with van der Waals surface area (Å²) in [5.74, 6) is 2.61. The number of Topliss-reactive ketones (excluding diaryl/α,β-unsaturated/α-hetero) is 1. The second kappa shape index (κ2) is 6.22. The number of carbonyl (C=O) groups excluding carboxylic acids is 1. The van der Waals surface area contributed by atoms with Gasteiger partial charge in [-0.3, -0.25) is 4.79 Å². The van der Waals surface area contributed by atoms with Gasteiger partial charge in [-0.15, -0.1) is 0 Å². The minimum atomic E-state index is -0.0519. The fourth-order valence-corrected chi connectivity index (χ4v) is 7.90. The first-order valence-electron chi connectivity index (χ1n) is 11.9. The van der Waals surface area contributed by atoms with Gasteiger partial charge in [0.25, 0.3) is 0 Å². The second-order valence-electron chi connectivity index (χ2n) is 11.1. The van der Waals surface area contributed by atoms with Crippen LogP contribution in [0.1, 0.15) is 59.3 Å². The number of allylic oxidation sites excluding steroid dienone is 4. The van der Waals surface area contributed by atoms with E-state index in [0.717, 1.165) is 18.8 Å². The van der Waals surface area contributed by atoms with E-state index in [-0.39, 0.29) is 16.7 Å². The van der Waals surface area contributed by atoms with Crippen LogP contribution >= 0.6 is 0 Å². The van der Waals surface area contributed by atoms with Crippen LogP contribution < -0.4 is 0 Å². The number of aromatic nitrogens is 1. The van der Waals surface area contributed by atoms with Gasteiger partial charge in [0.15, 0.2) is 0 Å². The molecule has 0 aliphatic heterocycles. The van der Waals surface area contributed by atoms with E-state index in [9.17, 15) is 4.79 Å². The topological polar surface area (TPSA) is 22.0 Å². The third kappa shape index (κ3) is 2.34. The molecule has 156 valence electrons. The van der Waals surface area contributed by atoms with Crippen molar-refractivity contribution in [2.24, 2.45) is 34.5 Å². The molecule has 2 aromatic rings. The van der Waals surface area contributed by atoms with Crippen molar-refractivity contribution in [2.45, 2.75) is 59.3 Å². The minimum Gasteiger partial charge on any atom is -0.320 e. The van der Waals surface area contributed by atoms with Gasteiger partial charge in [-0.05, 0) is 72.8 Å². The van der Waals surface area contributed by atoms with Crippen molar-refractivity contribution in [2.75, 3.05) is 0 Å². The molecule has 2 nitrogen and oxygen atoms in total. The Labute approximate surface area is 180 Å². The average Bonchev–Trinajstić information content (AvgIpc) is 3.28. The number of carbonyl (C=O) groups is 1. The van der Waals surface area contributed by atoms with E-state index in [1.807, 2.05) is 0 Å². The number of ketones is 1. The summed E-state index contributed by atoms with van der Waals surface area (Å²) >= 11 is 0. The Kier molecular flexibility index (Phi) is 3.87. The standard InChI is InChI=1S/C28H33NO/c1-18-12-14-27(2)20(16-18)8-9-21-22-10-11-25(28(22,3)17-24(30)26(21)27)29-15-13-19-6-4-5-7-23(19)29/h4-8,11,13,15,18,21-22,26H,9-10,12,14,16-17H2,1-3H3/t18-,21?,22?,26?,27-,28-/m0/s1. The number of para-hydroxylation sites is 1. The van der Waals surface area contributed by atoms with Crippen molar-refractivity contribution in [3.05, 3.63) is 54.3 Å². The monoisotopic (exact) mass is 399 g/mol. The predicted molar refractivity (Wildman–Crippen MR) is 123 cm³/mol. The zero-order valence-electron chi connectivity index (χ0n) is 18.5. The van der Waals surface area contributed by atoms with Crippen molar-refractivity contribution in [3.8, 4) is 0 Å². The summed E-state index contributed by atoms with van der Waals surface area (Å²) in [6, 6.07) is 10.8. The third-order valence-electron chi connectivity index (χ3n) is 9.44. The average molecular weight is 400 g/mol. The maximum Gasteiger partial charge on any atom is 0.138 e. The van der Waals surface area contributed by atoms with E-state index in [1.165, 1.54) is 35.9 Å². The lowest BCUT2D eigenvalue weighted by Crippen LogP contribution is -2.54. The highest BCUT2D eigenvalue weighted by molar-refractivity contribution is 5.89. The Morgan fingerprint density at radius 1 is 1.03 bits per heavy atom. The Hall–Kier alpha value is -2.09. The molecule has 2 heteroatoms. The number of rotatable bonds is 1. The molecule has 0 N–H and O–H groups in total. The summed E-state index contributed by atoms with van der Waals surface area (Å²) in [5.41, 5.74) is 4.28. The number of benzene rings is 1. The number of hydrogen-bond donors (Lipinski definition) is 0. The van der Waals surface area contributed by atoms with Crippen LogP contribution in [0.5, 0.6) is 0 Å². The van der Waals surface area contributed by atoms with Crippen molar-refractivity contribution in [1.29, 1.82) is 0 Å². The zero-order chi connectivity index (χ0) is 20.7. The fourth-order valence-electron chi connectivity index (χ4n) is 7.90. The summed E-state index contributed by atoms with van der Waals surface area (Å²) in [7, 11) is 0. The van der Waals surface area contributed by atoms with E-state index in [2.05, 4.69) is 74.0 Å². The zero-order valence-corrected chi connectivity index (χ0v) is 18.5. The first kappa shape index (κ1) is 18.7. The Morgan fingerprint density at radius 2 is 1.87 bits per heavy atom. The van der Waals surface area contributed by atoms with Crippen LogP contribution in [0.25, 0.3) is 16.6 Å². The molecule has 30 heavy (non-hydrogen) atoms. The van der Waals surface area contributed by atoms with Gasteiger partial charge < -0.3 is 4.57 Å². The van der Waals surface area contributed by atoms with Crippen LogP contribution in [-0.4, -0.2) is 10.4 Å². The van der Waals surface area contributed by atoms with Crippen LogP contribution in [0.4, 0.5) is 0 Å². The molecule has 0 radical (unpaired) electrons. The molecule has 2 saturated carbocycles. The molecule has 2 fully saturated rings. The van der Waals surface area contributed by atoms with E-state index >= 15 is 0 Å². The van der Waals surface area contributed by atoms with Crippen LogP contribution in [0.15, 0.2) is 54.3 Å². The predicted octanol–water partition coefficient (Wildman–Crippen LogP) is 6.87. The maximum absolute atomic E-state index is 13.8. The normalized spacial score (nSPS) is 40.4. The van der Waals surface area contributed by atoms with E-state index in [0.29, 0.717) is 24.0 Å². The first-order chi connectivity index (χ1) is 14.4. The highest BCUT2D eigenvalue weighted by atomic mass is 16.1. The first-order valence-corrected chi connectivity index (χ1v) is 11.9. The van der Waals surface area contributed by atoms with Crippen LogP contribution in [-0.2, 0) is 4.79 Å². The van der Waals surface area contributed by atoms with Crippen molar-refractivity contribution in [1.82, 2.24) is 4.57 Å². The maximum atomic E-state index is 13.8. The smallest absolute Gasteiger partial charge is 0.138 e. The SMILES string of the molecule is C[C@H]1CC[C@@]2(C)C(=CCC3C2C(=O)C[C@]2(C)C(n4ccc5ccccc54)=CCC32)C1. The van der Waals surface area contributed by atoms with Crippen LogP contribution in [0.2, 0.25) is 0 Å². The summed E-state index contributed by atoms with van der Waals surface area (Å²) in [5, 5.41) is 1.28. The van der Waals surface area contributed by atoms with Gasteiger partial charge in [-0.1, -0.05) is 56.7 Å². The molecule has 1 aromatic heterocycles. The molecule has 0 spiro atoms. The highest BCUT2D eigenvalue weighted by Crippen LogP contribution is 2.65. The van der Waals surface area contributed by atoms with Gasteiger partial charge in [0.1, 0.15) is 5.78 Å². The van der Waals surface area contributed by atoms with E-state index in [1.54, 1.807) is 5.57 Å². The molecular formula is C28H33NO. The summed E-state index contributed by atoms with van der Waals surface area (Å²) in [4.78, 5) is 13.8. The number of nitrogens with zero attached hydrogens (tertiary/aromatic N) is 1. The lowest BCUT2D eigenvalue weighted by atomic mass is 9.47. The highest BCUT2D eigenvalue weighted by Gasteiger charge is 2.60. The molecule has 1 heterocycles. The Bertz CT molecular complexity index is 1100. The van der Waals surface area contributed by atoms with E-state index < -0.39 is 0 Å². The summed E-state index contributed by atoms with van der Waals surface area (Å²) in [6.07, 6.45) is 13.8. The van der Waals surface area contributed by atoms with Crippen molar-refractivity contribution >= 4 is 22.4 Å².